The zero-order valence-corrected chi connectivity index (χ0v) is 8.76. The van der Waals surface area contributed by atoms with Gasteiger partial charge in [0.15, 0.2) is 6.29 Å². The molecule has 1 saturated heterocycles. The molecule has 1 aromatic carbocycles. The number of rotatable bonds is 3. The van der Waals surface area contributed by atoms with Gasteiger partial charge in [0, 0.05) is 13.1 Å². The van der Waals surface area contributed by atoms with Crippen molar-refractivity contribution in [1.82, 2.24) is 0 Å². The largest absolute Gasteiger partial charge is 0.366 e. The predicted molar refractivity (Wildman–Crippen MR) is 59.9 cm³/mol. The fraction of sp³-hybridized carbons (Fsp3) is 0.364. The van der Waals surface area contributed by atoms with Crippen LogP contribution in [0.1, 0.15) is 23.2 Å². The number of carbonyl (C=O) groups excluding carboxylic acids is 1. The van der Waals surface area contributed by atoms with Gasteiger partial charge in [-0.15, -0.1) is 0 Å². The SMILES string of the molecule is O=Cc1cccc(N2CCCC2)c1[N+](=O)[O-]. The summed E-state index contributed by atoms with van der Waals surface area (Å²) in [5.74, 6) is 0. The van der Waals surface area contributed by atoms with E-state index in [1.165, 1.54) is 6.07 Å². The molecule has 1 heterocycles. The number of nitro benzene ring substituents is 1. The highest BCUT2D eigenvalue weighted by molar-refractivity contribution is 5.87. The molecule has 0 aliphatic carbocycles. The number of carbonyl (C=O) groups is 1. The molecule has 5 heteroatoms. The van der Waals surface area contributed by atoms with Gasteiger partial charge in [0.05, 0.1) is 10.5 Å². The van der Waals surface area contributed by atoms with Crippen LogP contribution in [-0.4, -0.2) is 24.3 Å². The maximum Gasteiger partial charge on any atom is 0.302 e. The summed E-state index contributed by atoms with van der Waals surface area (Å²) in [4.78, 5) is 23.2. The fourth-order valence-corrected chi connectivity index (χ4v) is 2.06. The lowest BCUT2D eigenvalue weighted by Crippen LogP contribution is -2.19. The number of para-hydroxylation sites is 1. The van der Waals surface area contributed by atoms with Crippen molar-refractivity contribution in [2.45, 2.75) is 12.8 Å². The summed E-state index contributed by atoms with van der Waals surface area (Å²) in [6.07, 6.45) is 2.63. The van der Waals surface area contributed by atoms with Crippen molar-refractivity contribution in [3.63, 3.8) is 0 Å². The van der Waals surface area contributed by atoms with Crippen LogP contribution in [0.4, 0.5) is 11.4 Å². The van der Waals surface area contributed by atoms with Gasteiger partial charge in [0.2, 0.25) is 0 Å². The van der Waals surface area contributed by atoms with Crippen LogP contribution < -0.4 is 4.90 Å². The van der Waals surface area contributed by atoms with E-state index in [9.17, 15) is 14.9 Å². The second kappa shape index (κ2) is 4.30. The van der Waals surface area contributed by atoms with Crippen LogP contribution in [0.25, 0.3) is 0 Å². The molecule has 0 saturated carbocycles. The minimum absolute atomic E-state index is 0.0700. The molecule has 1 aromatic rings. The Bertz CT molecular complexity index is 425. The zero-order valence-electron chi connectivity index (χ0n) is 8.76. The monoisotopic (exact) mass is 220 g/mol. The molecular formula is C11H12N2O3. The van der Waals surface area contributed by atoms with Gasteiger partial charge in [-0.1, -0.05) is 6.07 Å². The molecule has 1 fully saturated rings. The summed E-state index contributed by atoms with van der Waals surface area (Å²) in [6, 6.07) is 4.87. The summed E-state index contributed by atoms with van der Waals surface area (Å²) < 4.78 is 0. The average Bonchev–Trinajstić information content (AvgIpc) is 2.81. The van der Waals surface area contributed by atoms with Gasteiger partial charge >= 0.3 is 5.69 Å². The Kier molecular flexibility index (Phi) is 2.85. The zero-order chi connectivity index (χ0) is 11.5. The third-order valence-corrected chi connectivity index (χ3v) is 2.80. The Labute approximate surface area is 92.8 Å². The van der Waals surface area contributed by atoms with E-state index in [2.05, 4.69) is 0 Å². The van der Waals surface area contributed by atoms with Crippen LogP contribution in [0, 0.1) is 10.1 Å². The smallest absolute Gasteiger partial charge is 0.302 e. The van der Waals surface area contributed by atoms with Gasteiger partial charge in [0.25, 0.3) is 0 Å². The van der Waals surface area contributed by atoms with E-state index >= 15 is 0 Å². The van der Waals surface area contributed by atoms with E-state index in [-0.39, 0.29) is 11.3 Å². The molecule has 84 valence electrons. The second-order valence-electron chi connectivity index (χ2n) is 3.78. The van der Waals surface area contributed by atoms with Gasteiger partial charge in [0.1, 0.15) is 5.69 Å². The van der Waals surface area contributed by atoms with Crippen LogP contribution >= 0.6 is 0 Å². The molecule has 0 amide bonds. The topological polar surface area (TPSA) is 63.5 Å². The van der Waals surface area contributed by atoms with Gasteiger partial charge in [-0.3, -0.25) is 14.9 Å². The predicted octanol–water partition coefficient (Wildman–Crippen LogP) is 2.01. The minimum atomic E-state index is -0.475. The van der Waals surface area contributed by atoms with E-state index in [0.717, 1.165) is 25.9 Å². The summed E-state index contributed by atoms with van der Waals surface area (Å²) in [6.45, 7) is 1.65. The molecule has 0 N–H and O–H groups in total. The number of hydrogen-bond donors (Lipinski definition) is 0. The quantitative estimate of drug-likeness (QED) is 0.444. The summed E-state index contributed by atoms with van der Waals surface area (Å²) in [5, 5.41) is 11.0. The highest BCUT2D eigenvalue weighted by atomic mass is 16.6. The lowest BCUT2D eigenvalue weighted by molar-refractivity contribution is -0.384. The molecule has 0 radical (unpaired) electrons. The molecule has 0 unspecified atom stereocenters. The minimum Gasteiger partial charge on any atom is -0.366 e. The molecule has 0 aromatic heterocycles. The number of hydrogen-bond acceptors (Lipinski definition) is 4. The molecule has 0 spiro atoms. The van der Waals surface area contributed by atoms with E-state index < -0.39 is 4.92 Å². The normalized spacial score (nSPS) is 15.1. The van der Waals surface area contributed by atoms with Gasteiger partial charge in [-0.25, -0.2) is 0 Å². The van der Waals surface area contributed by atoms with Crippen LogP contribution in [0.15, 0.2) is 18.2 Å². The van der Waals surface area contributed by atoms with Crippen molar-refractivity contribution in [2.24, 2.45) is 0 Å². The van der Waals surface area contributed by atoms with Crippen molar-refractivity contribution >= 4 is 17.7 Å². The first-order chi connectivity index (χ1) is 7.74. The van der Waals surface area contributed by atoms with Crippen molar-refractivity contribution in [3.05, 3.63) is 33.9 Å². The third-order valence-electron chi connectivity index (χ3n) is 2.80. The van der Waals surface area contributed by atoms with E-state index in [1.54, 1.807) is 12.1 Å². The number of benzene rings is 1. The van der Waals surface area contributed by atoms with E-state index in [0.29, 0.717) is 12.0 Å². The van der Waals surface area contributed by atoms with Gasteiger partial charge in [-0.05, 0) is 25.0 Å². The first-order valence-corrected chi connectivity index (χ1v) is 5.21. The molecule has 2 rings (SSSR count). The lowest BCUT2D eigenvalue weighted by Gasteiger charge is -2.17. The highest BCUT2D eigenvalue weighted by Gasteiger charge is 2.24. The molecule has 5 nitrogen and oxygen atoms in total. The Morgan fingerprint density at radius 2 is 2.00 bits per heavy atom. The number of aldehydes is 1. The number of anilines is 1. The molecule has 16 heavy (non-hydrogen) atoms. The first-order valence-electron chi connectivity index (χ1n) is 5.21. The number of nitrogens with zero attached hydrogens (tertiary/aromatic N) is 2. The average molecular weight is 220 g/mol. The third kappa shape index (κ3) is 1.76. The van der Waals surface area contributed by atoms with Crippen molar-refractivity contribution < 1.29 is 9.72 Å². The van der Waals surface area contributed by atoms with Crippen molar-refractivity contribution in [2.75, 3.05) is 18.0 Å². The van der Waals surface area contributed by atoms with Crippen LogP contribution in [0.3, 0.4) is 0 Å². The Morgan fingerprint density at radius 1 is 1.31 bits per heavy atom. The Hall–Kier alpha value is -1.91. The maximum atomic E-state index is 11.0. The highest BCUT2D eigenvalue weighted by Crippen LogP contribution is 2.32. The number of nitro groups is 1. The van der Waals surface area contributed by atoms with Crippen LogP contribution in [0.5, 0.6) is 0 Å². The molecule has 0 bridgehead atoms. The van der Waals surface area contributed by atoms with Crippen molar-refractivity contribution in [1.29, 1.82) is 0 Å². The van der Waals surface area contributed by atoms with Crippen LogP contribution in [-0.2, 0) is 0 Å². The maximum absolute atomic E-state index is 11.0. The Morgan fingerprint density at radius 3 is 2.56 bits per heavy atom. The lowest BCUT2D eigenvalue weighted by atomic mass is 10.1. The second-order valence-corrected chi connectivity index (χ2v) is 3.78. The fourth-order valence-electron chi connectivity index (χ4n) is 2.06. The summed E-state index contributed by atoms with van der Waals surface area (Å²) in [5.41, 5.74) is 0.640. The van der Waals surface area contributed by atoms with Gasteiger partial charge < -0.3 is 4.90 Å². The summed E-state index contributed by atoms with van der Waals surface area (Å²) in [7, 11) is 0. The van der Waals surface area contributed by atoms with E-state index in [1.807, 2.05) is 4.90 Å². The summed E-state index contributed by atoms with van der Waals surface area (Å²) >= 11 is 0. The van der Waals surface area contributed by atoms with Gasteiger partial charge in [-0.2, -0.15) is 0 Å². The molecular weight excluding hydrogens is 208 g/mol. The van der Waals surface area contributed by atoms with E-state index in [4.69, 9.17) is 0 Å². The van der Waals surface area contributed by atoms with Crippen LogP contribution in [0.2, 0.25) is 0 Å². The molecule has 1 aliphatic heterocycles. The van der Waals surface area contributed by atoms with Crippen molar-refractivity contribution in [3.8, 4) is 0 Å². The first kappa shape index (κ1) is 10.6. The molecule has 1 aliphatic rings. The standard InChI is InChI=1S/C11H12N2O3/c14-8-9-4-3-5-10(11(9)13(15)16)12-6-1-2-7-12/h3-5,8H,1-2,6-7H2. The molecule has 0 atom stereocenters. The Balaban J connectivity index is 2.50.